The molecule has 0 aliphatic carbocycles. The minimum atomic E-state index is -3.55. The number of rotatable bonds is 4. The van der Waals surface area contributed by atoms with Crippen molar-refractivity contribution in [3.05, 3.63) is 58.1 Å². The normalized spacial score (nSPS) is 15.9. The van der Waals surface area contributed by atoms with Crippen molar-refractivity contribution in [2.75, 3.05) is 26.3 Å². The Morgan fingerprint density at radius 2 is 1.72 bits per heavy atom. The SMILES string of the molecule is Cc1ccc([N+](=O)[O-])cc1-c1ccc(S(=O)(=O)N2CCOCC2)cc1. The molecule has 1 saturated heterocycles. The van der Waals surface area contributed by atoms with E-state index in [2.05, 4.69) is 0 Å². The molecule has 7 nitrogen and oxygen atoms in total. The van der Waals surface area contributed by atoms with Gasteiger partial charge in [0.25, 0.3) is 5.69 Å². The van der Waals surface area contributed by atoms with Crippen molar-refractivity contribution in [3.63, 3.8) is 0 Å². The summed E-state index contributed by atoms with van der Waals surface area (Å²) in [4.78, 5) is 10.7. The molecule has 0 amide bonds. The second-order valence-electron chi connectivity index (χ2n) is 5.80. The lowest BCUT2D eigenvalue weighted by Crippen LogP contribution is -2.40. The van der Waals surface area contributed by atoms with Crippen molar-refractivity contribution in [1.29, 1.82) is 0 Å². The lowest BCUT2D eigenvalue weighted by Gasteiger charge is -2.26. The van der Waals surface area contributed by atoms with Crippen LogP contribution < -0.4 is 0 Å². The summed E-state index contributed by atoms with van der Waals surface area (Å²) in [5, 5.41) is 11.0. The van der Waals surface area contributed by atoms with Gasteiger partial charge < -0.3 is 4.74 Å². The van der Waals surface area contributed by atoms with Crippen molar-refractivity contribution < 1.29 is 18.1 Å². The van der Waals surface area contributed by atoms with E-state index >= 15 is 0 Å². The zero-order valence-corrected chi connectivity index (χ0v) is 14.5. The molecule has 3 rings (SSSR count). The van der Waals surface area contributed by atoms with Gasteiger partial charge in [0, 0.05) is 25.2 Å². The summed E-state index contributed by atoms with van der Waals surface area (Å²) in [6, 6.07) is 11.1. The van der Waals surface area contributed by atoms with Crippen LogP contribution in [0.4, 0.5) is 5.69 Å². The van der Waals surface area contributed by atoms with E-state index in [1.54, 1.807) is 30.3 Å². The highest BCUT2D eigenvalue weighted by atomic mass is 32.2. The zero-order chi connectivity index (χ0) is 18.0. The van der Waals surface area contributed by atoms with E-state index in [1.807, 2.05) is 6.92 Å². The van der Waals surface area contributed by atoms with Gasteiger partial charge in [0.2, 0.25) is 10.0 Å². The van der Waals surface area contributed by atoms with Gasteiger partial charge in [-0.05, 0) is 35.7 Å². The summed E-state index contributed by atoms with van der Waals surface area (Å²) in [7, 11) is -3.55. The number of nitro benzene ring substituents is 1. The maximum absolute atomic E-state index is 12.6. The lowest BCUT2D eigenvalue weighted by molar-refractivity contribution is -0.384. The number of morpholine rings is 1. The van der Waals surface area contributed by atoms with Crippen molar-refractivity contribution in [2.45, 2.75) is 11.8 Å². The lowest BCUT2D eigenvalue weighted by atomic mass is 10.00. The predicted octanol–water partition coefficient (Wildman–Crippen LogP) is 2.59. The summed E-state index contributed by atoms with van der Waals surface area (Å²) in [5.41, 5.74) is 2.34. The second-order valence-corrected chi connectivity index (χ2v) is 7.74. The standard InChI is InChI=1S/C17H18N2O5S/c1-13-2-5-15(19(20)21)12-17(13)14-3-6-16(7-4-14)25(22,23)18-8-10-24-11-9-18/h2-7,12H,8-11H2,1H3. The Balaban J connectivity index is 1.93. The largest absolute Gasteiger partial charge is 0.379 e. The molecule has 0 aromatic heterocycles. The van der Waals surface area contributed by atoms with Crippen LogP contribution in [0, 0.1) is 17.0 Å². The number of ether oxygens (including phenoxy) is 1. The molecule has 0 radical (unpaired) electrons. The highest BCUT2D eigenvalue weighted by molar-refractivity contribution is 7.89. The maximum atomic E-state index is 12.6. The molecule has 0 atom stereocenters. The molecule has 2 aromatic rings. The van der Waals surface area contributed by atoms with Gasteiger partial charge >= 0.3 is 0 Å². The van der Waals surface area contributed by atoms with E-state index in [0.29, 0.717) is 31.9 Å². The summed E-state index contributed by atoms with van der Waals surface area (Å²) in [6.45, 7) is 3.33. The molecule has 25 heavy (non-hydrogen) atoms. The summed E-state index contributed by atoms with van der Waals surface area (Å²) in [5.74, 6) is 0. The van der Waals surface area contributed by atoms with Crippen LogP contribution in [-0.2, 0) is 14.8 Å². The Morgan fingerprint density at radius 1 is 1.08 bits per heavy atom. The number of benzene rings is 2. The first-order valence-corrected chi connectivity index (χ1v) is 9.27. The minimum Gasteiger partial charge on any atom is -0.379 e. The van der Waals surface area contributed by atoms with Crippen LogP contribution in [0.25, 0.3) is 11.1 Å². The Bertz CT molecular complexity index is 888. The van der Waals surface area contributed by atoms with Crippen molar-refractivity contribution >= 4 is 15.7 Å². The molecular formula is C17H18N2O5S. The Kier molecular flexibility index (Phi) is 4.85. The van der Waals surface area contributed by atoms with Crippen molar-refractivity contribution in [1.82, 2.24) is 4.31 Å². The van der Waals surface area contributed by atoms with Gasteiger partial charge in [-0.1, -0.05) is 18.2 Å². The molecule has 1 fully saturated rings. The van der Waals surface area contributed by atoms with Crippen molar-refractivity contribution in [3.8, 4) is 11.1 Å². The molecule has 132 valence electrons. The number of nitrogens with zero attached hydrogens (tertiary/aromatic N) is 2. The fourth-order valence-electron chi connectivity index (χ4n) is 2.78. The van der Waals surface area contributed by atoms with Gasteiger partial charge in [-0.25, -0.2) is 8.42 Å². The minimum absolute atomic E-state index is 0.00520. The molecule has 1 aliphatic rings. The molecule has 0 spiro atoms. The van der Waals surface area contributed by atoms with Crippen LogP contribution in [-0.4, -0.2) is 43.9 Å². The zero-order valence-electron chi connectivity index (χ0n) is 13.7. The van der Waals surface area contributed by atoms with Gasteiger partial charge in [0.15, 0.2) is 0 Å². The molecule has 1 heterocycles. The summed E-state index contributed by atoms with van der Waals surface area (Å²) >= 11 is 0. The fraction of sp³-hybridized carbons (Fsp3) is 0.294. The third kappa shape index (κ3) is 3.55. The van der Waals surface area contributed by atoms with E-state index in [-0.39, 0.29) is 10.6 Å². The number of sulfonamides is 1. The summed E-state index contributed by atoms with van der Waals surface area (Å²) in [6.07, 6.45) is 0. The Labute approximate surface area is 146 Å². The Hall–Kier alpha value is -2.29. The average Bonchev–Trinajstić information content (AvgIpc) is 2.63. The highest BCUT2D eigenvalue weighted by Gasteiger charge is 2.26. The monoisotopic (exact) mass is 362 g/mol. The quantitative estimate of drug-likeness (QED) is 0.616. The second kappa shape index (κ2) is 6.91. The molecule has 1 aliphatic heterocycles. The van der Waals surface area contributed by atoms with E-state index in [0.717, 1.165) is 11.1 Å². The van der Waals surface area contributed by atoms with Crippen LogP contribution in [0.3, 0.4) is 0 Å². The average molecular weight is 362 g/mol. The van der Waals surface area contributed by atoms with Gasteiger partial charge in [-0.2, -0.15) is 4.31 Å². The molecular weight excluding hydrogens is 344 g/mol. The van der Waals surface area contributed by atoms with Crippen LogP contribution in [0.1, 0.15) is 5.56 Å². The summed E-state index contributed by atoms with van der Waals surface area (Å²) < 4.78 is 31.8. The number of hydrogen-bond acceptors (Lipinski definition) is 5. The van der Waals surface area contributed by atoms with Gasteiger partial charge in [0.1, 0.15) is 0 Å². The first-order valence-electron chi connectivity index (χ1n) is 7.83. The van der Waals surface area contributed by atoms with E-state index < -0.39 is 14.9 Å². The number of aryl methyl sites for hydroxylation is 1. The smallest absolute Gasteiger partial charge is 0.270 e. The first kappa shape index (κ1) is 17.5. The molecule has 8 heteroatoms. The molecule has 2 aromatic carbocycles. The van der Waals surface area contributed by atoms with Crippen molar-refractivity contribution in [2.24, 2.45) is 0 Å². The van der Waals surface area contributed by atoms with Gasteiger partial charge in [-0.3, -0.25) is 10.1 Å². The van der Waals surface area contributed by atoms with Crippen LogP contribution in [0.15, 0.2) is 47.4 Å². The van der Waals surface area contributed by atoms with E-state index in [9.17, 15) is 18.5 Å². The number of hydrogen-bond donors (Lipinski definition) is 0. The maximum Gasteiger partial charge on any atom is 0.270 e. The van der Waals surface area contributed by atoms with Crippen LogP contribution >= 0.6 is 0 Å². The number of nitro groups is 1. The molecule has 0 bridgehead atoms. The third-order valence-corrected chi connectivity index (χ3v) is 6.12. The van der Waals surface area contributed by atoms with Gasteiger partial charge in [0.05, 0.1) is 23.0 Å². The number of non-ortho nitro benzene ring substituents is 1. The predicted molar refractivity (Wildman–Crippen MR) is 92.8 cm³/mol. The topological polar surface area (TPSA) is 89.8 Å². The van der Waals surface area contributed by atoms with Gasteiger partial charge in [-0.15, -0.1) is 0 Å². The molecule has 0 N–H and O–H groups in total. The molecule has 0 unspecified atom stereocenters. The Morgan fingerprint density at radius 3 is 2.32 bits per heavy atom. The molecule has 0 saturated carbocycles. The highest BCUT2D eigenvalue weighted by Crippen LogP contribution is 2.29. The van der Waals surface area contributed by atoms with E-state index in [4.69, 9.17) is 4.74 Å². The fourth-order valence-corrected chi connectivity index (χ4v) is 4.19. The van der Waals surface area contributed by atoms with Crippen LogP contribution in [0.2, 0.25) is 0 Å². The first-order chi connectivity index (χ1) is 11.9. The van der Waals surface area contributed by atoms with Crippen LogP contribution in [0.5, 0.6) is 0 Å². The third-order valence-electron chi connectivity index (χ3n) is 4.21. The van der Waals surface area contributed by atoms with E-state index in [1.165, 1.54) is 16.4 Å².